The van der Waals surface area contributed by atoms with Crippen molar-refractivity contribution < 1.29 is 23.9 Å². The summed E-state index contributed by atoms with van der Waals surface area (Å²) in [7, 11) is 1.80. The fraction of sp³-hybridized carbons (Fsp3) is 0.640. The second-order valence-corrected chi connectivity index (χ2v) is 10.1. The molecule has 1 unspecified atom stereocenters. The number of piperidine rings is 2. The molecule has 1 aromatic carbocycles. The lowest BCUT2D eigenvalue weighted by atomic mass is 9.92. The summed E-state index contributed by atoms with van der Waals surface area (Å²) in [6.07, 6.45) is 6.15. The van der Waals surface area contributed by atoms with Gasteiger partial charge < -0.3 is 14.4 Å². The molecule has 3 atom stereocenters. The van der Waals surface area contributed by atoms with Crippen LogP contribution in [0.1, 0.15) is 67.8 Å². The highest BCUT2D eigenvalue weighted by atomic mass is 16.5. The number of ether oxygens (including phenoxy) is 2. The summed E-state index contributed by atoms with van der Waals surface area (Å²) in [5, 5.41) is 2.35. The number of rotatable bonds is 5. The maximum absolute atomic E-state index is 12.9. The lowest BCUT2D eigenvalue weighted by molar-refractivity contribution is -0.136. The molecule has 4 aliphatic rings. The molecule has 8 nitrogen and oxygen atoms in total. The molecule has 1 aromatic rings. The van der Waals surface area contributed by atoms with Crippen molar-refractivity contribution in [3.8, 4) is 5.75 Å². The highest BCUT2D eigenvalue weighted by Gasteiger charge is 2.41. The average molecular weight is 456 g/mol. The summed E-state index contributed by atoms with van der Waals surface area (Å²) >= 11 is 0. The number of nitrogens with zero attached hydrogens (tertiary/aromatic N) is 2. The van der Waals surface area contributed by atoms with Gasteiger partial charge in [0.25, 0.3) is 5.91 Å². The van der Waals surface area contributed by atoms with Gasteiger partial charge in [-0.25, -0.2) is 0 Å². The molecule has 3 heterocycles. The van der Waals surface area contributed by atoms with Gasteiger partial charge in [0.2, 0.25) is 11.8 Å². The maximum atomic E-state index is 12.9. The van der Waals surface area contributed by atoms with Crippen LogP contribution in [0.3, 0.4) is 0 Å². The van der Waals surface area contributed by atoms with Gasteiger partial charge in [0, 0.05) is 44.8 Å². The van der Waals surface area contributed by atoms with Crippen LogP contribution in [0, 0.1) is 0 Å². The van der Waals surface area contributed by atoms with E-state index in [1.807, 2.05) is 18.2 Å². The number of amides is 3. The molecule has 178 valence electrons. The molecule has 1 saturated carbocycles. The standard InChI is InChI=1S/C25H33N3O5/c1-25(32-2)10-12-27(13-11-25)19-4-3-5-21(19)33-17-6-7-18-16(14-17)15-28(24(18)31)20-8-9-22(29)26-23(20)30/h6-7,14,19-21H,3-5,8-13,15H2,1-2H3,(H,26,29,30)/t19-,20?,21+/m0/s1. The van der Waals surface area contributed by atoms with Gasteiger partial charge in [0.05, 0.1) is 5.60 Å². The van der Waals surface area contributed by atoms with E-state index in [1.165, 1.54) is 0 Å². The minimum atomic E-state index is -0.594. The number of carbonyl (C=O) groups is 3. The quantitative estimate of drug-likeness (QED) is 0.686. The molecular formula is C25H33N3O5. The molecule has 3 amide bonds. The zero-order valence-electron chi connectivity index (χ0n) is 19.5. The van der Waals surface area contributed by atoms with Crippen LogP contribution in [-0.2, 0) is 20.9 Å². The summed E-state index contributed by atoms with van der Waals surface area (Å²) in [4.78, 5) is 40.8. The Balaban J connectivity index is 1.25. The highest BCUT2D eigenvalue weighted by molar-refractivity contribution is 6.05. The van der Waals surface area contributed by atoms with Crippen LogP contribution in [-0.4, -0.2) is 71.5 Å². The van der Waals surface area contributed by atoms with E-state index in [1.54, 1.807) is 12.0 Å². The van der Waals surface area contributed by atoms with Crippen LogP contribution in [0.15, 0.2) is 18.2 Å². The van der Waals surface area contributed by atoms with E-state index in [2.05, 4.69) is 17.1 Å². The van der Waals surface area contributed by atoms with Gasteiger partial charge in [-0.2, -0.15) is 0 Å². The first-order valence-corrected chi connectivity index (χ1v) is 12.1. The fourth-order valence-electron chi connectivity index (χ4n) is 5.79. The van der Waals surface area contributed by atoms with E-state index in [0.29, 0.717) is 24.6 Å². The predicted molar refractivity (Wildman–Crippen MR) is 121 cm³/mol. The molecule has 0 aromatic heterocycles. The van der Waals surface area contributed by atoms with Crippen molar-refractivity contribution in [3.05, 3.63) is 29.3 Å². The van der Waals surface area contributed by atoms with Crippen LogP contribution in [0.4, 0.5) is 0 Å². The Morgan fingerprint density at radius 3 is 2.61 bits per heavy atom. The summed E-state index contributed by atoms with van der Waals surface area (Å²) in [6, 6.07) is 5.45. The third-order valence-corrected chi connectivity index (χ3v) is 8.02. The monoisotopic (exact) mass is 455 g/mol. The van der Waals surface area contributed by atoms with E-state index in [9.17, 15) is 14.4 Å². The minimum Gasteiger partial charge on any atom is -0.489 e. The third-order valence-electron chi connectivity index (χ3n) is 8.02. The van der Waals surface area contributed by atoms with Crippen molar-refractivity contribution in [2.45, 2.75) is 82.2 Å². The molecule has 1 N–H and O–H groups in total. The molecule has 0 spiro atoms. The first-order valence-electron chi connectivity index (χ1n) is 12.1. The first-order chi connectivity index (χ1) is 15.9. The second-order valence-electron chi connectivity index (χ2n) is 10.1. The molecule has 2 saturated heterocycles. The number of fused-ring (bicyclic) bond motifs is 1. The Morgan fingerprint density at radius 1 is 1.09 bits per heavy atom. The fourth-order valence-corrected chi connectivity index (χ4v) is 5.79. The number of carbonyl (C=O) groups excluding carboxylic acids is 3. The second kappa shape index (κ2) is 8.72. The van der Waals surface area contributed by atoms with Gasteiger partial charge in [0.15, 0.2) is 0 Å². The summed E-state index contributed by atoms with van der Waals surface area (Å²) in [6.45, 7) is 4.60. The third kappa shape index (κ3) is 4.26. The smallest absolute Gasteiger partial charge is 0.255 e. The lowest BCUT2D eigenvalue weighted by Crippen LogP contribution is -2.52. The van der Waals surface area contributed by atoms with Crippen molar-refractivity contribution in [3.63, 3.8) is 0 Å². The highest BCUT2D eigenvalue weighted by Crippen LogP contribution is 2.35. The molecule has 0 bridgehead atoms. The van der Waals surface area contributed by atoms with Gasteiger partial charge in [-0.15, -0.1) is 0 Å². The van der Waals surface area contributed by atoms with E-state index < -0.39 is 6.04 Å². The average Bonchev–Trinajstić information content (AvgIpc) is 3.39. The SMILES string of the molecule is COC1(C)CCN([C@H]2CCC[C@H]2Oc2ccc3c(c2)CN(C2CCC(=O)NC2=O)C3=O)CC1. The summed E-state index contributed by atoms with van der Waals surface area (Å²) < 4.78 is 12.2. The number of methoxy groups -OCH3 is 1. The van der Waals surface area contributed by atoms with Crippen LogP contribution < -0.4 is 10.1 Å². The summed E-state index contributed by atoms with van der Waals surface area (Å²) in [5.41, 5.74) is 1.47. The van der Waals surface area contributed by atoms with Gasteiger partial charge >= 0.3 is 0 Å². The molecule has 3 aliphatic heterocycles. The van der Waals surface area contributed by atoms with Crippen LogP contribution in [0.5, 0.6) is 5.75 Å². The number of likely N-dealkylation sites (tertiary alicyclic amines) is 1. The van der Waals surface area contributed by atoms with Gasteiger partial charge in [-0.3, -0.25) is 24.6 Å². The topological polar surface area (TPSA) is 88.2 Å². The van der Waals surface area contributed by atoms with Crippen molar-refractivity contribution in [1.29, 1.82) is 0 Å². The molecule has 5 rings (SSSR count). The first kappa shape index (κ1) is 22.3. The zero-order chi connectivity index (χ0) is 23.2. The number of hydrogen-bond donors (Lipinski definition) is 1. The van der Waals surface area contributed by atoms with E-state index >= 15 is 0 Å². The Kier molecular flexibility index (Phi) is 5.91. The Hall–Kier alpha value is -2.45. The Morgan fingerprint density at radius 2 is 1.88 bits per heavy atom. The molecule has 33 heavy (non-hydrogen) atoms. The van der Waals surface area contributed by atoms with Crippen molar-refractivity contribution in [2.75, 3.05) is 20.2 Å². The van der Waals surface area contributed by atoms with Crippen molar-refractivity contribution in [2.24, 2.45) is 0 Å². The van der Waals surface area contributed by atoms with E-state index in [-0.39, 0.29) is 35.8 Å². The Labute approximate surface area is 194 Å². The zero-order valence-corrected chi connectivity index (χ0v) is 19.5. The lowest BCUT2D eigenvalue weighted by Gasteiger charge is -2.42. The van der Waals surface area contributed by atoms with E-state index in [0.717, 1.165) is 56.5 Å². The molecule has 8 heteroatoms. The minimum absolute atomic E-state index is 0.0215. The van der Waals surface area contributed by atoms with Crippen molar-refractivity contribution >= 4 is 17.7 Å². The van der Waals surface area contributed by atoms with Gasteiger partial charge in [-0.05, 0) is 69.2 Å². The molecule has 3 fully saturated rings. The molecule has 1 aliphatic carbocycles. The Bertz CT molecular complexity index is 955. The van der Waals surface area contributed by atoms with Crippen LogP contribution >= 0.6 is 0 Å². The molecule has 0 radical (unpaired) electrons. The largest absolute Gasteiger partial charge is 0.489 e. The van der Waals surface area contributed by atoms with Gasteiger partial charge in [0.1, 0.15) is 17.9 Å². The molecular weight excluding hydrogens is 422 g/mol. The number of imide groups is 1. The number of nitrogens with one attached hydrogen (secondary N) is 1. The van der Waals surface area contributed by atoms with Crippen molar-refractivity contribution in [1.82, 2.24) is 15.1 Å². The number of benzene rings is 1. The van der Waals surface area contributed by atoms with Gasteiger partial charge in [-0.1, -0.05) is 0 Å². The number of hydrogen-bond acceptors (Lipinski definition) is 6. The van der Waals surface area contributed by atoms with Crippen LogP contribution in [0.25, 0.3) is 0 Å². The maximum Gasteiger partial charge on any atom is 0.255 e. The normalized spacial score (nSPS) is 29.8. The predicted octanol–water partition coefficient (Wildman–Crippen LogP) is 2.25. The summed E-state index contributed by atoms with van der Waals surface area (Å²) in [5.74, 6) is -0.0341. The van der Waals surface area contributed by atoms with E-state index in [4.69, 9.17) is 9.47 Å². The van der Waals surface area contributed by atoms with Crippen LogP contribution in [0.2, 0.25) is 0 Å².